The van der Waals surface area contributed by atoms with Crippen LogP contribution in [0, 0.1) is 5.92 Å². The van der Waals surface area contributed by atoms with Gasteiger partial charge in [0.25, 0.3) is 0 Å². The summed E-state index contributed by atoms with van der Waals surface area (Å²) in [7, 11) is 1.58. The van der Waals surface area contributed by atoms with E-state index >= 15 is 0 Å². The van der Waals surface area contributed by atoms with E-state index in [1.807, 2.05) is 13.8 Å². The Morgan fingerprint density at radius 2 is 2.17 bits per heavy atom. The van der Waals surface area contributed by atoms with Gasteiger partial charge in [0.2, 0.25) is 5.91 Å². The highest BCUT2D eigenvalue weighted by Gasteiger charge is 2.20. The minimum atomic E-state index is -0.569. The number of nitrogens with one attached hydrogen (secondary N) is 2. The minimum absolute atomic E-state index is 0. The highest BCUT2D eigenvalue weighted by Crippen LogP contribution is 2.32. The van der Waals surface area contributed by atoms with Crippen LogP contribution in [0.15, 0.2) is 24.3 Å². The van der Waals surface area contributed by atoms with Gasteiger partial charge in [-0.15, -0.1) is 12.4 Å². The Labute approximate surface area is 152 Å². The first-order chi connectivity index (χ1) is 11.0. The highest BCUT2D eigenvalue weighted by atomic mass is 35.5. The van der Waals surface area contributed by atoms with Crippen LogP contribution in [0.5, 0.6) is 5.75 Å². The number of hydrogen-bond acceptors (Lipinski definition) is 4. The first-order valence-electron chi connectivity index (χ1n) is 7.42. The lowest BCUT2D eigenvalue weighted by molar-refractivity contribution is -0.118. The number of aromatic amines is 1. The molecule has 0 spiro atoms. The molecule has 0 fully saturated rings. The van der Waals surface area contributed by atoms with Gasteiger partial charge in [0.05, 0.1) is 18.8 Å². The SMILES string of the molecule is CCC(C)C(N)C(=O)Nc1cc(-c2cc(Cl)ccc2OC)[nH]n1.Cl. The van der Waals surface area contributed by atoms with Crippen LogP contribution in [-0.2, 0) is 4.79 Å². The Bertz CT molecular complexity index is 690. The molecule has 132 valence electrons. The van der Waals surface area contributed by atoms with Crippen LogP contribution >= 0.6 is 24.0 Å². The van der Waals surface area contributed by atoms with Gasteiger partial charge in [-0.3, -0.25) is 9.89 Å². The van der Waals surface area contributed by atoms with Gasteiger partial charge in [-0.1, -0.05) is 31.9 Å². The summed E-state index contributed by atoms with van der Waals surface area (Å²) < 4.78 is 5.32. The van der Waals surface area contributed by atoms with Gasteiger partial charge in [-0.2, -0.15) is 5.10 Å². The lowest BCUT2D eigenvalue weighted by Crippen LogP contribution is -2.40. The van der Waals surface area contributed by atoms with E-state index in [0.717, 1.165) is 12.0 Å². The van der Waals surface area contributed by atoms with Crippen molar-refractivity contribution in [3.63, 3.8) is 0 Å². The number of anilines is 1. The lowest BCUT2D eigenvalue weighted by atomic mass is 9.99. The third-order valence-electron chi connectivity index (χ3n) is 3.84. The van der Waals surface area contributed by atoms with Gasteiger partial charge < -0.3 is 15.8 Å². The van der Waals surface area contributed by atoms with Crippen LogP contribution in [0.2, 0.25) is 5.02 Å². The number of amides is 1. The maximum atomic E-state index is 12.1. The normalized spacial score (nSPS) is 12.9. The number of nitrogens with zero attached hydrogens (tertiary/aromatic N) is 1. The molecule has 0 saturated carbocycles. The smallest absolute Gasteiger partial charge is 0.242 e. The molecule has 8 heteroatoms. The fourth-order valence-electron chi connectivity index (χ4n) is 2.14. The van der Waals surface area contributed by atoms with E-state index in [1.54, 1.807) is 31.4 Å². The summed E-state index contributed by atoms with van der Waals surface area (Å²) in [6.07, 6.45) is 0.833. The average Bonchev–Trinajstić information content (AvgIpc) is 3.01. The van der Waals surface area contributed by atoms with Crippen molar-refractivity contribution in [1.82, 2.24) is 10.2 Å². The van der Waals surface area contributed by atoms with E-state index < -0.39 is 6.04 Å². The highest BCUT2D eigenvalue weighted by molar-refractivity contribution is 6.31. The Morgan fingerprint density at radius 1 is 1.46 bits per heavy atom. The summed E-state index contributed by atoms with van der Waals surface area (Å²) in [6.45, 7) is 3.94. The van der Waals surface area contributed by atoms with Crippen molar-refractivity contribution in [2.24, 2.45) is 11.7 Å². The molecule has 2 rings (SSSR count). The molecule has 1 aromatic carbocycles. The van der Waals surface area contributed by atoms with Gasteiger partial charge in [0.1, 0.15) is 5.75 Å². The molecule has 0 aliphatic carbocycles. The Balaban J connectivity index is 0.00000288. The number of aromatic nitrogens is 2. The fraction of sp³-hybridized carbons (Fsp3) is 0.375. The second kappa shape index (κ2) is 8.92. The van der Waals surface area contributed by atoms with Crippen LogP contribution in [0.25, 0.3) is 11.3 Å². The molecular formula is C16H22Cl2N4O2. The zero-order valence-electron chi connectivity index (χ0n) is 13.8. The second-order valence-electron chi connectivity index (χ2n) is 5.41. The van der Waals surface area contributed by atoms with E-state index in [4.69, 9.17) is 22.1 Å². The summed E-state index contributed by atoms with van der Waals surface area (Å²) in [5.74, 6) is 0.912. The number of benzene rings is 1. The zero-order valence-corrected chi connectivity index (χ0v) is 15.4. The molecule has 0 aliphatic heterocycles. The molecule has 0 bridgehead atoms. The van der Waals surface area contributed by atoms with Gasteiger partial charge in [0, 0.05) is 16.7 Å². The van der Waals surface area contributed by atoms with Crippen molar-refractivity contribution in [3.8, 4) is 17.0 Å². The number of H-pyrrole nitrogens is 1. The number of carbonyl (C=O) groups excluding carboxylic acids is 1. The van der Waals surface area contributed by atoms with Crippen molar-refractivity contribution in [2.45, 2.75) is 26.3 Å². The van der Waals surface area contributed by atoms with E-state index in [-0.39, 0.29) is 24.2 Å². The van der Waals surface area contributed by atoms with E-state index in [0.29, 0.717) is 22.3 Å². The van der Waals surface area contributed by atoms with Crippen molar-refractivity contribution in [3.05, 3.63) is 29.3 Å². The maximum Gasteiger partial charge on any atom is 0.242 e. The second-order valence-corrected chi connectivity index (χ2v) is 5.85. The molecule has 0 aliphatic rings. The van der Waals surface area contributed by atoms with Crippen LogP contribution in [0.4, 0.5) is 5.82 Å². The Kier molecular flexibility index (Phi) is 7.54. The molecule has 1 amide bonds. The summed E-state index contributed by atoms with van der Waals surface area (Å²) in [5.41, 5.74) is 7.37. The third kappa shape index (κ3) is 4.63. The largest absolute Gasteiger partial charge is 0.496 e. The number of nitrogens with two attached hydrogens (primary N) is 1. The Morgan fingerprint density at radius 3 is 2.79 bits per heavy atom. The van der Waals surface area contributed by atoms with Gasteiger partial charge in [0.15, 0.2) is 5.82 Å². The molecule has 2 unspecified atom stereocenters. The lowest BCUT2D eigenvalue weighted by Gasteiger charge is -2.16. The first-order valence-corrected chi connectivity index (χ1v) is 7.79. The summed E-state index contributed by atoms with van der Waals surface area (Å²) in [5, 5.41) is 10.3. The van der Waals surface area contributed by atoms with E-state index in [2.05, 4.69) is 15.5 Å². The minimum Gasteiger partial charge on any atom is -0.496 e. The molecule has 0 radical (unpaired) electrons. The quantitative estimate of drug-likeness (QED) is 0.723. The predicted octanol–water partition coefficient (Wildman–Crippen LogP) is 3.47. The molecular weight excluding hydrogens is 351 g/mol. The third-order valence-corrected chi connectivity index (χ3v) is 4.08. The molecule has 2 aromatic rings. The maximum absolute atomic E-state index is 12.1. The van der Waals surface area contributed by atoms with Crippen molar-refractivity contribution < 1.29 is 9.53 Å². The Hall–Kier alpha value is -1.76. The van der Waals surface area contributed by atoms with Gasteiger partial charge >= 0.3 is 0 Å². The monoisotopic (exact) mass is 372 g/mol. The molecule has 24 heavy (non-hydrogen) atoms. The molecule has 1 aromatic heterocycles. The zero-order chi connectivity index (χ0) is 17.0. The van der Waals surface area contributed by atoms with Crippen LogP contribution < -0.4 is 15.8 Å². The van der Waals surface area contributed by atoms with Crippen LogP contribution in [-0.4, -0.2) is 29.3 Å². The molecule has 1 heterocycles. The number of methoxy groups -OCH3 is 1. The van der Waals surface area contributed by atoms with Crippen molar-refractivity contribution >= 4 is 35.7 Å². The van der Waals surface area contributed by atoms with E-state index in [1.165, 1.54) is 0 Å². The molecule has 0 saturated heterocycles. The van der Waals surface area contributed by atoms with E-state index in [9.17, 15) is 4.79 Å². The summed E-state index contributed by atoms with van der Waals surface area (Å²) in [4.78, 5) is 12.1. The first kappa shape index (κ1) is 20.3. The summed E-state index contributed by atoms with van der Waals surface area (Å²) >= 11 is 6.03. The van der Waals surface area contributed by atoms with Crippen LogP contribution in [0.1, 0.15) is 20.3 Å². The molecule has 4 N–H and O–H groups in total. The number of halogens is 2. The van der Waals surface area contributed by atoms with Gasteiger partial charge in [-0.05, 0) is 24.1 Å². The predicted molar refractivity (Wildman–Crippen MR) is 98.9 cm³/mol. The molecule has 2 atom stereocenters. The standard InChI is InChI=1S/C16H21ClN4O2.ClH/c1-4-9(2)15(18)16(22)19-14-8-12(20-21-14)11-7-10(17)5-6-13(11)23-3;/h5-9,15H,4,18H2,1-3H3,(H2,19,20,21,22);1H. The number of rotatable bonds is 6. The number of hydrogen-bond donors (Lipinski definition) is 3. The number of ether oxygens (including phenoxy) is 1. The number of carbonyl (C=O) groups is 1. The molecule has 6 nitrogen and oxygen atoms in total. The fourth-order valence-corrected chi connectivity index (χ4v) is 2.31. The average molecular weight is 373 g/mol. The summed E-state index contributed by atoms with van der Waals surface area (Å²) in [6, 6.07) is 6.43. The van der Waals surface area contributed by atoms with Crippen LogP contribution in [0.3, 0.4) is 0 Å². The topological polar surface area (TPSA) is 93.0 Å². The van der Waals surface area contributed by atoms with Gasteiger partial charge in [-0.25, -0.2) is 0 Å². The van der Waals surface area contributed by atoms with Crippen molar-refractivity contribution in [2.75, 3.05) is 12.4 Å². The van der Waals surface area contributed by atoms with Crippen molar-refractivity contribution in [1.29, 1.82) is 0 Å².